The van der Waals surface area contributed by atoms with Gasteiger partial charge in [0.1, 0.15) is 0 Å². The molecule has 0 amide bonds. The van der Waals surface area contributed by atoms with Gasteiger partial charge in [0.2, 0.25) is 5.89 Å². The van der Waals surface area contributed by atoms with Crippen molar-refractivity contribution in [3.63, 3.8) is 0 Å². The van der Waals surface area contributed by atoms with E-state index in [4.69, 9.17) is 10.2 Å². The number of aromatic nitrogens is 2. The molecule has 2 heterocycles. The van der Waals surface area contributed by atoms with E-state index in [0.717, 1.165) is 38.3 Å². The molecule has 20 heavy (non-hydrogen) atoms. The van der Waals surface area contributed by atoms with Gasteiger partial charge in [0.25, 0.3) is 0 Å². The molecule has 0 unspecified atom stereocenters. The lowest BCUT2D eigenvalue weighted by atomic mass is 9.90. The van der Waals surface area contributed by atoms with E-state index in [-0.39, 0.29) is 0 Å². The highest BCUT2D eigenvalue weighted by molar-refractivity contribution is 5.25. The van der Waals surface area contributed by atoms with Gasteiger partial charge < -0.3 is 15.1 Å². The molecule has 1 aliphatic heterocycles. The largest absolute Gasteiger partial charge is 0.407 e. The summed E-state index contributed by atoms with van der Waals surface area (Å²) in [5, 5.41) is 7.96. The van der Waals surface area contributed by atoms with Crippen LogP contribution in [0.5, 0.6) is 0 Å². The Balaban J connectivity index is 1.54. The summed E-state index contributed by atoms with van der Waals surface area (Å²) >= 11 is 0. The second-order valence-corrected chi connectivity index (χ2v) is 5.30. The molecule has 1 aromatic carbocycles. The van der Waals surface area contributed by atoms with Crippen LogP contribution in [0.1, 0.15) is 24.3 Å². The maximum atomic E-state index is 5.50. The third-order valence-corrected chi connectivity index (χ3v) is 3.88. The number of nitrogens with two attached hydrogens (primary N) is 1. The normalized spacial score (nSPS) is 16.6. The predicted octanol–water partition coefficient (Wildman–Crippen LogP) is 1.99. The van der Waals surface area contributed by atoms with Gasteiger partial charge in [0, 0.05) is 13.1 Å². The van der Waals surface area contributed by atoms with Gasteiger partial charge in [0.05, 0.1) is 6.54 Å². The fourth-order valence-electron chi connectivity index (χ4n) is 2.73. The Morgan fingerprint density at radius 2 is 1.90 bits per heavy atom. The summed E-state index contributed by atoms with van der Waals surface area (Å²) in [5.41, 5.74) is 6.91. The van der Waals surface area contributed by atoms with Gasteiger partial charge in [-0.1, -0.05) is 35.4 Å². The molecule has 2 aromatic rings. The van der Waals surface area contributed by atoms with Gasteiger partial charge in [-0.15, -0.1) is 5.10 Å². The molecule has 0 aliphatic carbocycles. The molecule has 1 aromatic heterocycles. The minimum absolute atomic E-state index is 0.303. The number of benzene rings is 1. The standard InChI is InChI=1S/C15H20N4O/c16-11-14-17-18-15(20-14)19-8-6-13(7-9-19)10-12-4-2-1-3-5-12/h1-5,13H,6-11,16H2. The number of hydrogen-bond donors (Lipinski definition) is 1. The fraction of sp³-hybridized carbons (Fsp3) is 0.467. The van der Waals surface area contributed by atoms with Gasteiger partial charge in [-0.3, -0.25) is 0 Å². The lowest BCUT2D eigenvalue weighted by molar-refractivity contribution is 0.381. The molecule has 0 radical (unpaired) electrons. The monoisotopic (exact) mass is 272 g/mol. The van der Waals surface area contributed by atoms with E-state index in [1.165, 1.54) is 5.56 Å². The van der Waals surface area contributed by atoms with Crippen molar-refractivity contribution in [2.45, 2.75) is 25.8 Å². The predicted molar refractivity (Wildman–Crippen MR) is 77.3 cm³/mol. The smallest absolute Gasteiger partial charge is 0.318 e. The van der Waals surface area contributed by atoms with Gasteiger partial charge in [-0.25, -0.2) is 0 Å². The lowest BCUT2D eigenvalue weighted by Crippen LogP contribution is -2.34. The summed E-state index contributed by atoms with van der Waals surface area (Å²) in [6.07, 6.45) is 3.48. The second-order valence-electron chi connectivity index (χ2n) is 5.30. The number of rotatable bonds is 4. The molecule has 3 rings (SSSR count). The summed E-state index contributed by atoms with van der Waals surface area (Å²) in [4.78, 5) is 2.16. The second kappa shape index (κ2) is 6.05. The van der Waals surface area contributed by atoms with E-state index in [9.17, 15) is 0 Å². The molecule has 1 saturated heterocycles. The molecular weight excluding hydrogens is 252 g/mol. The van der Waals surface area contributed by atoms with E-state index in [2.05, 4.69) is 45.4 Å². The first kappa shape index (κ1) is 13.1. The first-order chi connectivity index (χ1) is 9.85. The minimum atomic E-state index is 0.303. The summed E-state index contributed by atoms with van der Waals surface area (Å²) in [5.74, 6) is 1.25. The Bertz CT molecular complexity index is 532. The van der Waals surface area contributed by atoms with Crippen molar-refractivity contribution in [1.82, 2.24) is 10.2 Å². The van der Waals surface area contributed by atoms with Crippen LogP contribution in [0.3, 0.4) is 0 Å². The molecule has 106 valence electrons. The zero-order valence-corrected chi connectivity index (χ0v) is 11.5. The van der Waals surface area contributed by atoms with E-state index >= 15 is 0 Å². The van der Waals surface area contributed by atoms with E-state index in [1.54, 1.807) is 0 Å². The third-order valence-electron chi connectivity index (χ3n) is 3.88. The minimum Gasteiger partial charge on any atom is -0.407 e. The Labute approximate surface area is 118 Å². The number of hydrogen-bond acceptors (Lipinski definition) is 5. The average Bonchev–Trinajstić information content (AvgIpc) is 2.98. The average molecular weight is 272 g/mol. The fourth-order valence-corrected chi connectivity index (χ4v) is 2.73. The summed E-state index contributed by atoms with van der Waals surface area (Å²) in [6, 6.07) is 11.3. The van der Waals surface area contributed by atoms with Gasteiger partial charge in [0.15, 0.2) is 0 Å². The molecule has 0 atom stereocenters. The van der Waals surface area contributed by atoms with Crippen molar-refractivity contribution in [1.29, 1.82) is 0 Å². The molecule has 5 heteroatoms. The Morgan fingerprint density at radius 3 is 2.55 bits per heavy atom. The zero-order chi connectivity index (χ0) is 13.8. The molecule has 0 saturated carbocycles. The maximum absolute atomic E-state index is 5.50. The lowest BCUT2D eigenvalue weighted by Gasteiger charge is -2.30. The van der Waals surface area contributed by atoms with Crippen LogP contribution in [-0.2, 0) is 13.0 Å². The summed E-state index contributed by atoms with van der Waals surface area (Å²) < 4.78 is 5.50. The first-order valence-electron chi connectivity index (χ1n) is 7.16. The van der Waals surface area contributed by atoms with Gasteiger partial charge >= 0.3 is 6.01 Å². The highest BCUT2D eigenvalue weighted by Crippen LogP contribution is 2.24. The van der Waals surface area contributed by atoms with Crippen molar-refractivity contribution in [3.8, 4) is 0 Å². The van der Waals surface area contributed by atoms with Crippen LogP contribution in [0.15, 0.2) is 34.7 Å². The van der Waals surface area contributed by atoms with E-state index in [0.29, 0.717) is 18.5 Å². The van der Waals surface area contributed by atoms with E-state index < -0.39 is 0 Å². The van der Waals surface area contributed by atoms with Crippen molar-refractivity contribution in [3.05, 3.63) is 41.8 Å². The van der Waals surface area contributed by atoms with Crippen LogP contribution >= 0.6 is 0 Å². The van der Waals surface area contributed by atoms with Crippen molar-refractivity contribution < 1.29 is 4.42 Å². The number of piperidine rings is 1. The molecule has 0 spiro atoms. The van der Waals surface area contributed by atoms with Crippen LogP contribution in [0, 0.1) is 5.92 Å². The summed E-state index contributed by atoms with van der Waals surface area (Å²) in [6.45, 7) is 2.25. The Morgan fingerprint density at radius 1 is 1.15 bits per heavy atom. The zero-order valence-electron chi connectivity index (χ0n) is 11.5. The SMILES string of the molecule is NCc1nnc(N2CCC(Cc3ccccc3)CC2)o1. The quantitative estimate of drug-likeness (QED) is 0.921. The van der Waals surface area contributed by atoms with Gasteiger partial charge in [-0.05, 0) is 30.7 Å². The summed E-state index contributed by atoms with van der Waals surface area (Å²) in [7, 11) is 0. The van der Waals surface area contributed by atoms with Crippen LogP contribution < -0.4 is 10.6 Å². The van der Waals surface area contributed by atoms with Crippen LogP contribution in [0.2, 0.25) is 0 Å². The van der Waals surface area contributed by atoms with Crippen LogP contribution in [-0.4, -0.2) is 23.3 Å². The molecule has 1 fully saturated rings. The highest BCUT2D eigenvalue weighted by Gasteiger charge is 2.22. The van der Waals surface area contributed by atoms with Gasteiger partial charge in [-0.2, -0.15) is 0 Å². The maximum Gasteiger partial charge on any atom is 0.318 e. The van der Waals surface area contributed by atoms with Crippen LogP contribution in [0.25, 0.3) is 0 Å². The van der Waals surface area contributed by atoms with Crippen molar-refractivity contribution in [2.75, 3.05) is 18.0 Å². The van der Waals surface area contributed by atoms with Crippen LogP contribution in [0.4, 0.5) is 6.01 Å². The molecule has 2 N–H and O–H groups in total. The molecule has 5 nitrogen and oxygen atoms in total. The molecule has 0 bridgehead atoms. The van der Waals surface area contributed by atoms with E-state index in [1.807, 2.05) is 0 Å². The Hall–Kier alpha value is -1.88. The molecular formula is C15H20N4O. The topological polar surface area (TPSA) is 68.2 Å². The number of anilines is 1. The Kier molecular flexibility index (Phi) is 3.97. The first-order valence-corrected chi connectivity index (χ1v) is 7.16. The number of nitrogens with zero attached hydrogens (tertiary/aromatic N) is 3. The third kappa shape index (κ3) is 2.99. The van der Waals surface area contributed by atoms with Crippen molar-refractivity contribution >= 4 is 6.01 Å². The highest BCUT2D eigenvalue weighted by atomic mass is 16.4. The molecule has 1 aliphatic rings. The van der Waals surface area contributed by atoms with Crippen molar-refractivity contribution in [2.24, 2.45) is 11.7 Å².